The number of H-pyrrole nitrogens is 1. The number of anilines is 1. The highest BCUT2D eigenvalue weighted by atomic mass is 16.2. The Morgan fingerprint density at radius 2 is 1.86 bits per heavy atom. The molecule has 2 aromatic carbocycles. The molecule has 1 heterocycles. The molecule has 0 spiro atoms. The van der Waals surface area contributed by atoms with E-state index in [1.807, 2.05) is 13.0 Å². The Labute approximate surface area is 167 Å². The molecule has 29 heavy (non-hydrogen) atoms. The number of nitrogens with two attached hydrogens (primary N) is 1. The fourth-order valence-electron chi connectivity index (χ4n) is 2.74. The van der Waals surface area contributed by atoms with E-state index in [0.29, 0.717) is 41.3 Å². The summed E-state index contributed by atoms with van der Waals surface area (Å²) in [5, 5.41) is 5.32. The molecule has 0 fully saturated rings. The van der Waals surface area contributed by atoms with Crippen molar-refractivity contribution < 1.29 is 9.59 Å². The molecule has 8 nitrogen and oxygen atoms in total. The van der Waals surface area contributed by atoms with Crippen LogP contribution in [0.2, 0.25) is 0 Å². The van der Waals surface area contributed by atoms with E-state index in [4.69, 9.17) is 5.73 Å². The van der Waals surface area contributed by atoms with Gasteiger partial charge >= 0.3 is 6.03 Å². The van der Waals surface area contributed by atoms with Crippen molar-refractivity contribution in [2.75, 3.05) is 5.32 Å². The van der Waals surface area contributed by atoms with Crippen LogP contribution in [0.4, 0.5) is 10.5 Å². The van der Waals surface area contributed by atoms with Gasteiger partial charge in [-0.25, -0.2) is 9.78 Å². The summed E-state index contributed by atoms with van der Waals surface area (Å²) in [7, 11) is 0. The van der Waals surface area contributed by atoms with E-state index in [9.17, 15) is 14.4 Å². The Hall–Kier alpha value is -3.94. The van der Waals surface area contributed by atoms with Crippen LogP contribution in [0.5, 0.6) is 0 Å². The number of nitrogens with zero attached hydrogens (tertiary/aromatic N) is 1. The first kappa shape index (κ1) is 19.8. The molecule has 0 atom stereocenters. The lowest BCUT2D eigenvalue weighted by Crippen LogP contribution is -2.28. The number of primary amides is 1. The molecule has 5 N–H and O–H groups in total. The summed E-state index contributed by atoms with van der Waals surface area (Å²) >= 11 is 0. The van der Waals surface area contributed by atoms with Crippen LogP contribution < -0.4 is 21.9 Å². The highest BCUT2D eigenvalue weighted by molar-refractivity contribution is 6.04. The maximum absolute atomic E-state index is 12.5. The third kappa shape index (κ3) is 5.29. The van der Waals surface area contributed by atoms with Crippen LogP contribution in [0.3, 0.4) is 0 Å². The van der Waals surface area contributed by atoms with E-state index < -0.39 is 6.03 Å². The van der Waals surface area contributed by atoms with Crippen LogP contribution in [-0.4, -0.2) is 21.9 Å². The van der Waals surface area contributed by atoms with Gasteiger partial charge in [-0.05, 0) is 36.2 Å². The molecule has 0 saturated carbocycles. The Morgan fingerprint density at radius 3 is 2.55 bits per heavy atom. The van der Waals surface area contributed by atoms with E-state index in [1.54, 1.807) is 42.5 Å². The van der Waals surface area contributed by atoms with E-state index in [0.717, 1.165) is 5.56 Å². The van der Waals surface area contributed by atoms with E-state index in [1.165, 1.54) is 6.07 Å². The zero-order valence-electron chi connectivity index (χ0n) is 15.9. The van der Waals surface area contributed by atoms with Gasteiger partial charge in [0.15, 0.2) is 0 Å². The van der Waals surface area contributed by atoms with Crippen molar-refractivity contribution in [1.82, 2.24) is 15.3 Å². The largest absolute Gasteiger partial charge is 0.352 e. The van der Waals surface area contributed by atoms with Crippen LogP contribution in [-0.2, 0) is 13.0 Å². The fourth-order valence-corrected chi connectivity index (χ4v) is 2.74. The van der Waals surface area contributed by atoms with Crippen molar-refractivity contribution in [2.24, 2.45) is 5.73 Å². The zero-order valence-corrected chi connectivity index (χ0v) is 15.9. The number of amides is 3. The molecule has 0 radical (unpaired) electrons. The number of carbonyl (C=O) groups is 2. The van der Waals surface area contributed by atoms with Gasteiger partial charge in [0, 0.05) is 35.1 Å². The van der Waals surface area contributed by atoms with Crippen molar-refractivity contribution >= 4 is 17.6 Å². The summed E-state index contributed by atoms with van der Waals surface area (Å²) in [6.07, 6.45) is 0.651. The predicted octanol–water partition coefficient (Wildman–Crippen LogP) is 2.42. The molecule has 3 amide bonds. The summed E-state index contributed by atoms with van der Waals surface area (Å²) in [5.74, 6) is 0.178. The average Bonchev–Trinajstić information content (AvgIpc) is 2.72. The van der Waals surface area contributed by atoms with Gasteiger partial charge in [0.1, 0.15) is 5.82 Å². The lowest BCUT2D eigenvalue weighted by molar-refractivity contribution is 0.102. The molecule has 0 bridgehead atoms. The molecule has 8 heteroatoms. The molecule has 0 aliphatic rings. The maximum atomic E-state index is 12.5. The monoisotopic (exact) mass is 391 g/mol. The van der Waals surface area contributed by atoms with Crippen LogP contribution in [0.25, 0.3) is 11.4 Å². The Balaban J connectivity index is 1.74. The van der Waals surface area contributed by atoms with Crippen molar-refractivity contribution in [3.8, 4) is 11.4 Å². The topological polar surface area (TPSA) is 130 Å². The second-order valence-corrected chi connectivity index (χ2v) is 6.39. The molecule has 0 aliphatic carbocycles. The number of benzene rings is 2. The minimum atomic E-state index is -0.605. The lowest BCUT2D eigenvalue weighted by Gasteiger charge is -2.09. The number of nitrogens with one attached hydrogen (secondary N) is 3. The number of hydrogen-bond donors (Lipinski definition) is 4. The summed E-state index contributed by atoms with van der Waals surface area (Å²) in [6, 6.07) is 14.8. The molecular formula is C21H21N5O3. The molecule has 1 aromatic heterocycles. The van der Waals surface area contributed by atoms with Crippen molar-refractivity contribution in [2.45, 2.75) is 19.9 Å². The fraction of sp³-hybridized carbons (Fsp3) is 0.143. The van der Waals surface area contributed by atoms with E-state index >= 15 is 0 Å². The summed E-state index contributed by atoms with van der Waals surface area (Å²) in [5.41, 5.74) is 8.10. The van der Waals surface area contributed by atoms with E-state index in [2.05, 4.69) is 20.6 Å². The van der Waals surface area contributed by atoms with Gasteiger partial charge in [-0.3, -0.25) is 9.59 Å². The first-order valence-corrected chi connectivity index (χ1v) is 9.09. The quantitative estimate of drug-likeness (QED) is 0.514. The van der Waals surface area contributed by atoms with Crippen molar-refractivity contribution in [3.63, 3.8) is 0 Å². The minimum absolute atomic E-state index is 0.216. The Morgan fingerprint density at radius 1 is 1.10 bits per heavy atom. The number of aryl methyl sites for hydroxylation is 1. The standard InChI is InChI=1S/C21H21N5O3/c1-2-16-11-18(27)26-19(24-16)15-4-3-5-17(10-15)25-20(28)14-8-6-13(7-9-14)12-23-21(22)29/h3-11H,2,12H2,1H3,(H,25,28)(H3,22,23,29)(H,24,26,27). The van der Waals surface area contributed by atoms with Gasteiger partial charge in [0.25, 0.3) is 11.5 Å². The van der Waals surface area contributed by atoms with Crippen LogP contribution >= 0.6 is 0 Å². The Kier molecular flexibility index (Phi) is 6.03. The number of rotatable bonds is 6. The smallest absolute Gasteiger partial charge is 0.312 e. The second-order valence-electron chi connectivity index (χ2n) is 6.39. The van der Waals surface area contributed by atoms with Gasteiger partial charge in [0.2, 0.25) is 0 Å². The van der Waals surface area contributed by atoms with E-state index in [-0.39, 0.29) is 11.5 Å². The summed E-state index contributed by atoms with van der Waals surface area (Å²) in [6.45, 7) is 2.22. The highest BCUT2D eigenvalue weighted by Gasteiger charge is 2.09. The van der Waals surface area contributed by atoms with Crippen LogP contribution in [0.1, 0.15) is 28.5 Å². The van der Waals surface area contributed by atoms with Crippen molar-refractivity contribution in [3.05, 3.63) is 81.8 Å². The first-order valence-electron chi connectivity index (χ1n) is 9.09. The zero-order chi connectivity index (χ0) is 20.8. The van der Waals surface area contributed by atoms with Gasteiger partial charge in [-0.2, -0.15) is 0 Å². The summed E-state index contributed by atoms with van der Waals surface area (Å²) in [4.78, 5) is 42.2. The number of aromatic nitrogens is 2. The van der Waals surface area contributed by atoms with Gasteiger partial charge < -0.3 is 21.4 Å². The highest BCUT2D eigenvalue weighted by Crippen LogP contribution is 2.19. The molecule has 0 unspecified atom stereocenters. The average molecular weight is 391 g/mol. The number of carbonyl (C=O) groups excluding carboxylic acids is 2. The maximum Gasteiger partial charge on any atom is 0.312 e. The van der Waals surface area contributed by atoms with Gasteiger partial charge in [-0.1, -0.05) is 31.2 Å². The molecule has 3 aromatic rings. The lowest BCUT2D eigenvalue weighted by atomic mass is 10.1. The summed E-state index contributed by atoms with van der Waals surface area (Å²) < 4.78 is 0. The normalized spacial score (nSPS) is 10.4. The van der Waals surface area contributed by atoms with Gasteiger partial charge in [0.05, 0.1) is 0 Å². The number of urea groups is 1. The Bertz CT molecular complexity index is 1090. The minimum Gasteiger partial charge on any atom is -0.352 e. The predicted molar refractivity (Wildman–Crippen MR) is 110 cm³/mol. The molecular weight excluding hydrogens is 370 g/mol. The SMILES string of the molecule is CCc1cc(=O)[nH]c(-c2cccc(NC(=O)c3ccc(CNC(N)=O)cc3)c2)n1. The number of aromatic amines is 1. The molecule has 148 valence electrons. The molecule has 0 saturated heterocycles. The third-order valence-corrected chi connectivity index (χ3v) is 4.23. The first-order chi connectivity index (χ1) is 13.9. The second kappa shape index (κ2) is 8.83. The van der Waals surface area contributed by atoms with Crippen LogP contribution in [0.15, 0.2) is 59.4 Å². The van der Waals surface area contributed by atoms with Crippen molar-refractivity contribution in [1.29, 1.82) is 0 Å². The molecule has 3 rings (SSSR count). The number of hydrogen-bond acceptors (Lipinski definition) is 4. The third-order valence-electron chi connectivity index (χ3n) is 4.23. The van der Waals surface area contributed by atoms with Gasteiger partial charge in [-0.15, -0.1) is 0 Å². The molecule has 0 aliphatic heterocycles. The van der Waals surface area contributed by atoms with Crippen LogP contribution in [0, 0.1) is 0 Å².